The van der Waals surface area contributed by atoms with Crippen molar-refractivity contribution in [2.45, 2.75) is 27.7 Å². The monoisotopic (exact) mass is 482 g/mol. The van der Waals surface area contributed by atoms with E-state index in [1.165, 1.54) is 11.3 Å². The lowest BCUT2D eigenvalue weighted by atomic mass is 10.1. The number of hydrogen-bond donors (Lipinski definition) is 1. The Hall–Kier alpha value is -3.79. The van der Waals surface area contributed by atoms with E-state index in [-0.39, 0.29) is 5.91 Å². The van der Waals surface area contributed by atoms with Gasteiger partial charge in [0.25, 0.3) is 5.91 Å². The molecule has 0 fully saturated rings. The molecule has 1 amide bonds. The Balaban J connectivity index is 1.65. The van der Waals surface area contributed by atoms with Crippen molar-refractivity contribution in [3.8, 4) is 33.8 Å². The van der Waals surface area contributed by atoms with Gasteiger partial charge in [0.2, 0.25) is 10.9 Å². The van der Waals surface area contributed by atoms with E-state index >= 15 is 0 Å². The zero-order valence-corrected chi connectivity index (χ0v) is 20.3. The third-order valence-corrected chi connectivity index (χ3v) is 5.51. The molecule has 1 aromatic carbocycles. The minimum atomic E-state index is -0.339. The number of carbonyl (C=O) groups excluding carboxylic acids is 1. The van der Waals surface area contributed by atoms with Crippen molar-refractivity contribution in [3.63, 3.8) is 0 Å². The number of ether oxygens (including phenoxy) is 3. The molecular formula is C24H26N4O5S. The maximum atomic E-state index is 13.2. The minimum absolute atomic E-state index is 0.339. The van der Waals surface area contributed by atoms with E-state index in [4.69, 9.17) is 18.6 Å². The molecule has 1 N–H and O–H groups in total. The van der Waals surface area contributed by atoms with E-state index in [0.29, 0.717) is 65.0 Å². The fourth-order valence-corrected chi connectivity index (χ4v) is 4.12. The SMILES string of the molecule is CCOc1cc(C(=O)Nc2cc(C)nn2-c2nc(-c3ccco3)cs2)cc(OCC)c1OCC. The molecule has 9 nitrogen and oxygen atoms in total. The molecule has 3 aromatic heterocycles. The minimum Gasteiger partial charge on any atom is -0.490 e. The molecule has 178 valence electrons. The van der Waals surface area contributed by atoms with Crippen molar-refractivity contribution in [2.24, 2.45) is 0 Å². The number of nitrogens with one attached hydrogen (secondary N) is 1. The lowest BCUT2D eigenvalue weighted by molar-refractivity contribution is 0.102. The van der Waals surface area contributed by atoms with Gasteiger partial charge in [-0.25, -0.2) is 4.98 Å². The van der Waals surface area contributed by atoms with Crippen molar-refractivity contribution in [1.82, 2.24) is 14.8 Å². The number of amides is 1. The van der Waals surface area contributed by atoms with Gasteiger partial charge in [-0.15, -0.1) is 11.3 Å². The summed E-state index contributed by atoms with van der Waals surface area (Å²) in [6.07, 6.45) is 1.60. The van der Waals surface area contributed by atoms with Gasteiger partial charge in [-0.1, -0.05) is 0 Å². The van der Waals surface area contributed by atoms with Crippen molar-refractivity contribution >= 4 is 23.1 Å². The largest absolute Gasteiger partial charge is 0.490 e. The molecule has 0 saturated heterocycles. The van der Waals surface area contributed by atoms with Gasteiger partial charge >= 0.3 is 0 Å². The van der Waals surface area contributed by atoms with Crippen molar-refractivity contribution < 1.29 is 23.4 Å². The van der Waals surface area contributed by atoms with E-state index in [1.807, 2.05) is 45.2 Å². The Morgan fingerprint density at radius 3 is 2.41 bits per heavy atom. The Kier molecular flexibility index (Phi) is 7.17. The van der Waals surface area contributed by atoms with Crippen molar-refractivity contribution in [2.75, 3.05) is 25.1 Å². The number of furan rings is 1. The molecule has 0 atom stereocenters. The molecule has 34 heavy (non-hydrogen) atoms. The van der Waals surface area contributed by atoms with Crippen LogP contribution in [0.2, 0.25) is 0 Å². The molecule has 0 aliphatic heterocycles. The first-order valence-corrected chi connectivity index (χ1v) is 11.9. The zero-order chi connectivity index (χ0) is 24.1. The van der Waals surface area contributed by atoms with Crippen LogP contribution in [0.3, 0.4) is 0 Å². The summed E-state index contributed by atoms with van der Waals surface area (Å²) in [5.74, 6) is 2.21. The van der Waals surface area contributed by atoms with Crippen LogP contribution >= 0.6 is 11.3 Å². The van der Waals surface area contributed by atoms with Gasteiger partial charge in [-0.2, -0.15) is 9.78 Å². The second-order valence-corrected chi connectivity index (χ2v) is 7.97. The lowest BCUT2D eigenvalue weighted by Gasteiger charge is -2.17. The molecule has 4 rings (SSSR count). The van der Waals surface area contributed by atoms with Crippen LogP contribution in [-0.2, 0) is 0 Å². The summed E-state index contributed by atoms with van der Waals surface area (Å²) in [5, 5.41) is 9.92. The van der Waals surface area contributed by atoms with Crippen LogP contribution in [-0.4, -0.2) is 40.5 Å². The average molecular weight is 483 g/mol. The van der Waals surface area contributed by atoms with E-state index in [9.17, 15) is 4.79 Å². The summed E-state index contributed by atoms with van der Waals surface area (Å²) in [7, 11) is 0. The smallest absolute Gasteiger partial charge is 0.257 e. The zero-order valence-electron chi connectivity index (χ0n) is 19.5. The Morgan fingerprint density at radius 2 is 1.79 bits per heavy atom. The first-order chi connectivity index (χ1) is 16.5. The third-order valence-electron chi connectivity index (χ3n) is 4.69. The molecule has 0 bridgehead atoms. The summed E-state index contributed by atoms with van der Waals surface area (Å²) in [5.41, 5.74) is 1.81. The molecule has 0 radical (unpaired) electrons. The summed E-state index contributed by atoms with van der Waals surface area (Å²) >= 11 is 1.40. The van der Waals surface area contributed by atoms with Gasteiger partial charge in [0.15, 0.2) is 17.3 Å². The van der Waals surface area contributed by atoms with Gasteiger partial charge in [0.05, 0.1) is 31.8 Å². The van der Waals surface area contributed by atoms with Gasteiger partial charge in [-0.3, -0.25) is 4.79 Å². The molecule has 3 heterocycles. The highest BCUT2D eigenvalue weighted by atomic mass is 32.1. The summed E-state index contributed by atoms with van der Waals surface area (Å²) in [6, 6.07) is 8.74. The molecule has 0 aliphatic carbocycles. The fraction of sp³-hybridized carbons (Fsp3) is 0.292. The number of hydrogen-bond acceptors (Lipinski definition) is 8. The second-order valence-electron chi connectivity index (χ2n) is 7.13. The van der Waals surface area contributed by atoms with Crippen molar-refractivity contribution in [3.05, 3.63) is 53.2 Å². The molecule has 4 aromatic rings. The van der Waals surface area contributed by atoms with Crippen LogP contribution in [0, 0.1) is 6.92 Å². The summed E-state index contributed by atoms with van der Waals surface area (Å²) in [4.78, 5) is 17.8. The molecule has 10 heteroatoms. The maximum Gasteiger partial charge on any atom is 0.257 e. The van der Waals surface area contributed by atoms with Crippen LogP contribution in [0.5, 0.6) is 17.2 Å². The van der Waals surface area contributed by atoms with E-state index in [2.05, 4.69) is 15.4 Å². The number of aromatic nitrogens is 3. The number of anilines is 1. The lowest BCUT2D eigenvalue weighted by Crippen LogP contribution is -2.16. The van der Waals surface area contributed by atoms with Crippen LogP contribution in [0.15, 0.2) is 46.4 Å². The van der Waals surface area contributed by atoms with Gasteiger partial charge in [-0.05, 0) is 52.0 Å². The Labute approximate surface area is 201 Å². The van der Waals surface area contributed by atoms with Crippen LogP contribution < -0.4 is 19.5 Å². The summed E-state index contributed by atoms with van der Waals surface area (Å²) in [6.45, 7) is 8.76. The van der Waals surface area contributed by atoms with E-state index in [1.54, 1.807) is 29.1 Å². The van der Waals surface area contributed by atoms with Crippen molar-refractivity contribution in [1.29, 1.82) is 0 Å². The molecule has 0 aliphatic rings. The first-order valence-electron chi connectivity index (χ1n) is 11.0. The van der Waals surface area contributed by atoms with E-state index < -0.39 is 0 Å². The van der Waals surface area contributed by atoms with Crippen LogP contribution in [0.1, 0.15) is 36.8 Å². The number of carbonyl (C=O) groups is 1. The number of aryl methyl sites for hydroxylation is 1. The number of benzene rings is 1. The quantitative estimate of drug-likeness (QED) is 0.325. The molecule has 0 saturated carbocycles. The van der Waals surface area contributed by atoms with Crippen LogP contribution in [0.4, 0.5) is 5.82 Å². The highest BCUT2D eigenvalue weighted by molar-refractivity contribution is 7.12. The van der Waals surface area contributed by atoms with Crippen LogP contribution in [0.25, 0.3) is 16.6 Å². The standard InChI is InChI=1S/C24H26N4O5S/c1-5-30-19-12-16(13-20(31-6-2)22(19)32-7-3)23(29)26-21-11-15(4)27-28(21)24-25-17(14-34-24)18-9-8-10-33-18/h8-14H,5-7H2,1-4H3,(H,26,29). The highest BCUT2D eigenvalue weighted by Gasteiger charge is 2.21. The highest BCUT2D eigenvalue weighted by Crippen LogP contribution is 2.39. The third kappa shape index (κ3) is 4.91. The second kappa shape index (κ2) is 10.4. The van der Waals surface area contributed by atoms with Gasteiger partial charge < -0.3 is 23.9 Å². The summed E-state index contributed by atoms with van der Waals surface area (Å²) < 4.78 is 24.2. The molecular weight excluding hydrogens is 456 g/mol. The molecule has 0 unspecified atom stereocenters. The number of nitrogens with zero attached hydrogens (tertiary/aromatic N) is 3. The normalized spacial score (nSPS) is 10.8. The van der Waals surface area contributed by atoms with E-state index in [0.717, 1.165) is 5.69 Å². The predicted molar refractivity (Wildman–Crippen MR) is 130 cm³/mol. The number of rotatable bonds is 10. The predicted octanol–water partition coefficient (Wildman–Crippen LogP) is 5.35. The first kappa shape index (κ1) is 23.4. The Bertz CT molecular complexity index is 1240. The average Bonchev–Trinajstić information content (AvgIpc) is 3.57. The van der Waals surface area contributed by atoms with Gasteiger partial charge in [0.1, 0.15) is 11.5 Å². The topological polar surface area (TPSA) is 101 Å². The molecule has 0 spiro atoms. The number of thiazole rings is 1. The Morgan fingerprint density at radius 1 is 1.09 bits per heavy atom. The van der Waals surface area contributed by atoms with Gasteiger partial charge in [0, 0.05) is 17.0 Å². The fourth-order valence-electron chi connectivity index (χ4n) is 3.34. The maximum absolute atomic E-state index is 13.2.